The Bertz CT molecular complexity index is 523. The maximum Gasteiger partial charge on any atom is 0.239 e. The van der Waals surface area contributed by atoms with Crippen LogP contribution in [0.15, 0.2) is 24.3 Å². The summed E-state index contributed by atoms with van der Waals surface area (Å²) in [5, 5.41) is 35.4. The Hall–Kier alpha value is -1.47. The predicted molar refractivity (Wildman–Crippen MR) is 86.7 cm³/mol. The molecule has 0 aliphatic carbocycles. The standard InChI is InChI=1S/C17H26N2O4/c1-2-9-18-17(23)14-16(22)15(21)13(19-14)8-7-11-5-3-4-6-12(11)10-20/h3-6,13-16,19-22H,2,7-10H2,1H3,(H,18,23)/t13-,14+,15-,16-/m1/s1. The highest BCUT2D eigenvalue weighted by atomic mass is 16.3. The number of amides is 1. The molecule has 0 radical (unpaired) electrons. The molecule has 1 heterocycles. The Morgan fingerprint density at radius 3 is 2.57 bits per heavy atom. The lowest BCUT2D eigenvalue weighted by molar-refractivity contribution is -0.125. The van der Waals surface area contributed by atoms with Crippen molar-refractivity contribution in [3.05, 3.63) is 35.4 Å². The molecule has 128 valence electrons. The minimum absolute atomic E-state index is 0.0263. The van der Waals surface area contributed by atoms with E-state index < -0.39 is 18.2 Å². The quantitative estimate of drug-likeness (QED) is 0.474. The number of aryl methyl sites for hydroxylation is 1. The van der Waals surface area contributed by atoms with Crippen LogP contribution in [0.2, 0.25) is 0 Å². The average molecular weight is 322 g/mol. The number of benzene rings is 1. The van der Waals surface area contributed by atoms with Gasteiger partial charge in [-0.25, -0.2) is 0 Å². The Labute approximate surface area is 136 Å². The molecule has 0 saturated carbocycles. The molecular weight excluding hydrogens is 296 g/mol. The third kappa shape index (κ3) is 4.29. The van der Waals surface area contributed by atoms with Crippen LogP contribution in [0.5, 0.6) is 0 Å². The number of aliphatic hydroxyl groups excluding tert-OH is 3. The van der Waals surface area contributed by atoms with E-state index in [0.717, 1.165) is 17.5 Å². The highest BCUT2D eigenvalue weighted by Crippen LogP contribution is 2.20. The van der Waals surface area contributed by atoms with Crippen molar-refractivity contribution in [2.45, 2.75) is 57.1 Å². The normalized spacial score (nSPS) is 27.1. The topological polar surface area (TPSA) is 102 Å². The Kier molecular flexibility index (Phi) is 6.53. The van der Waals surface area contributed by atoms with Crippen LogP contribution < -0.4 is 10.6 Å². The van der Waals surface area contributed by atoms with E-state index >= 15 is 0 Å². The van der Waals surface area contributed by atoms with Crippen LogP contribution in [-0.2, 0) is 17.8 Å². The van der Waals surface area contributed by atoms with Crippen molar-refractivity contribution < 1.29 is 20.1 Å². The minimum Gasteiger partial charge on any atom is -0.392 e. The van der Waals surface area contributed by atoms with Gasteiger partial charge in [0.1, 0.15) is 12.1 Å². The van der Waals surface area contributed by atoms with E-state index in [4.69, 9.17) is 0 Å². The van der Waals surface area contributed by atoms with E-state index in [1.807, 2.05) is 31.2 Å². The second-order valence-electron chi connectivity index (χ2n) is 5.99. The van der Waals surface area contributed by atoms with Gasteiger partial charge in [0.05, 0.1) is 12.7 Å². The third-order valence-electron chi connectivity index (χ3n) is 4.34. The molecule has 1 saturated heterocycles. The second kappa shape index (κ2) is 8.40. The minimum atomic E-state index is -1.11. The summed E-state index contributed by atoms with van der Waals surface area (Å²) in [6, 6.07) is 6.44. The van der Waals surface area contributed by atoms with Crippen molar-refractivity contribution in [1.82, 2.24) is 10.6 Å². The van der Waals surface area contributed by atoms with Crippen LogP contribution in [0.4, 0.5) is 0 Å². The molecule has 5 N–H and O–H groups in total. The van der Waals surface area contributed by atoms with Crippen LogP contribution in [0.3, 0.4) is 0 Å². The first-order chi connectivity index (χ1) is 11.1. The van der Waals surface area contributed by atoms with Crippen molar-refractivity contribution in [2.24, 2.45) is 0 Å². The lowest BCUT2D eigenvalue weighted by Crippen LogP contribution is -2.47. The zero-order valence-electron chi connectivity index (χ0n) is 13.4. The van der Waals surface area contributed by atoms with Crippen LogP contribution >= 0.6 is 0 Å². The number of aliphatic hydroxyl groups is 3. The van der Waals surface area contributed by atoms with Gasteiger partial charge in [-0.05, 0) is 30.4 Å². The summed E-state index contributed by atoms with van der Waals surface area (Å²) in [6.07, 6.45) is -0.0363. The molecule has 6 nitrogen and oxygen atoms in total. The molecule has 4 atom stereocenters. The van der Waals surface area contributed by atoms with E-state index in [0.29, 0.717) is 19.4 Å². The molecule has 1 amide bonds. The molecule has 2 rings (SSSR count). The number of carbonyl (C=O) groups is 1. The second-order valence-corrected chi connectivity index (χ2v) is 5.99. The highest BCUT2D eigenvalue weighted by Gasteiger charge is 2.44. The number of rotatable bonds is 7. The van der Waals surface area contributed by atoms with Gasteiger partial charge in [-0.2, -0.15) is 0 Å². The first-order valence-electron chi connectivity index (χ1n) is 8.16. The molecule has 6 heteroatoms. The molecule has 1 aliphatic rings. The van der Waals surface area contributed by atoms with Gasteiger partial charge in [-0.1, -0.05) is 31.2 Å². The Morgan fingerprint density at radius 1 is 1.22 bits per heavy atom. The lowest BCUT2D eigenvalue weighted by atomic mass is 9.98. The predicted octanol–water partition coefficient (Wildman–Crippen LogP) is -0.300. The molecule has 1 aromatic rings. The number of carbonyl (C=O) groups excluding carboxylic acids is 1. The summed E-state index contributed by atoms with van der Waals surface area (Å²) < 4.78 is 0. The van der Waals surface area contributed by atoms with Gasteiger partial charge in [-0.15, -0.1) is 0 Å². The van der Waals surface area contributed by atoms with Crippen molar-refractivity contribution in [3.8, 4) is 0 Å². The monoisotopic (exact) mass is 322 g/mol. The molecule has 0 unspecified atom stereocenters. The molecule has 1 aromatic carbocycles. The lowest BCUT2D eigenvalue weighted by Gasteiger charge is -2.16. The average Bonchev–Trinajstić information content (AvgIpc) is 2.86. The van der Waals surface area contributed by atoms with Crippen molar-refractivity contribution in [1.29, 1.82) is 0 Å². The molecule has 1 fully saturated rings. The molecule has 0 bridgehead atoms. The van der Waals surface area contributed by atoms with Crippen molar-refractivity contribution in [2.75, 3.05) is 6.54 Å². The van der Waals surface area contributed by atoms with E-state index in [-0.39, 0.29) is 18.6 Å². The van der Waals surface area contributed by atoms with Crippen molar-refractivity contribution >= 4 is 5.91 Å². The van der Waals surface area contributed by atoms with Gasteiger partial charge in [0, 0.05) is 12.6 Å². The van der Waals surface area contributed by atoms with Crippen LogP contribution in [-0.4, -0.2) is 52.1 Å². The summed E-state index contributed by atoms with van der Waals surface area (Å²) >= 11 is 0. The van der Waals surface area contributed by atoms with Crippen LogP contribution in [0.1, 0.15) is 30.9 Å². The smallest absolute Gasteiger partial charge is 0.239 e. The van der Waals surface area contributed by atoms with Gasteiger partial charge in [-0.3, -0.25) is 10.1 Å². The molecule has 0 aromatic heterocycles. The highest BCUT2D eigenvalue weighted by molar-refractivity contribution is 5.83. The summed E-state index contributed by atoms with van der Waals surface area (Å²) in [4.78, 5) is 12.0. The van der Waals surface area contributed by atoms with E-state index in [1.165, 1.54) is 0 Å². The SMILES string of the molecule is CCCNC(=O)[C@H]1N[C@H](CCc2ccccc2CO)[C@@H](O)[C@@H]1O. The van der Waals surface area contributed by atoms with E-state index in [9.17, 15) is 20.1 Å². The largest absolute Gasteiger partial charge is 0.392 e. The third-order valence-corrected chi connectivity index (χ3v) is 4.34. The summed E-state index contributed by atoms with van der Waals surface area (Å²) in [5.74, 6) is -0.281. The fourth-order valence-electron chi connectivity index (χ4n) is 2.97. The molecule has 0 spiro atoms. The van der Waals surface area contributed by atoms with Crippen LogP contribution in [0.25, 0.3) is 0 Å². The number of hydrogen-bond acceptors (Lipinski definition) is 5. The van der Waals surface area contributed by atoms with E-state index in [1.54, 1.807) is 0 Å². The fraction of sp³-hybridized carbons (Fsp3) is 0.588. The Morgan fingerprint density at radius 2 is 1.91 bits per heavy atom. The number of hydrogen-bond donors (Lipinski definition) is 5. The maximum atomic E-state index is 12.0. The van der Waals surface area contributed by atoms with Gasteiger partial charge in [0.25, 0.3) is 0 Å². The first kappa shape index (κ1) is 17.9. The molecule has 23 heavy (non-hydrogen) atoms. The summed E-state index contributed by atoms with van der Waals surface area (Å²) in [7, 11) is 0. The zero-order chi connectivity index (χ0) is 16.8. The molecular formula is C17H26N2O4. The maximum absolute atomic E-state index is 12.0. The molecule has 1 aliphatic heterocycles. The fourth-order valence-corrected chi connectivity index (χ4v) is 2.97. The van der Waals surface area contributed by atoms with Gasteiger partial charge in [0.15, 0.2) is 0 Å². The van der Waals surface area contributed by atoms with Gasteiger partial charge >= 0.3 is 0 Å². The Balaban J connectivity index is 1.94. The zero-order valence-corrected chi connectivity index (χ0v) is 13.4. The summed E-state index contributed by atoms with van der Waals surface area (Å²) in [5.41, 5.74) is 1.87. The van der Waals surface area contributed by atoms with Crippen molar-refractivity contribution in [3.63, 3.8) is 0 Å². The van der Waals surface area contributed by atoms with E-state index in [2.05, 4.69) is 10.6 Å². The van der Waals surface area contributed by atoms with Crippen LogP contribution in [0, 0.1) is 0 Å². The van der Waals surface area contributed by atoms with Gasteiger partial charge < -0.3 is 20.6 Å². The summed E-state index contributed by atoms with van der Waals surface area (Å²) in [6.45, 7) is 2.48. The number of nitrogens with one attached hydrogen (secondary N) is 2. The first-order valence-corrected chi connectivity index (χ1v) is 8.16. The van der Waals surface area contributed by atoms with Gasteiger partial charge in [0.2, 0.25) is 5.91 Å².